The van der Waals surface area contributed by atoms with E-state index in [2.05, 4.69) is 10.3 Å². The zero-order chi connectivity index (χ0) is 17.9. The molecule has 0 unspecified atom stereocenters. The Morgan fingerprint density at radius 2 is 1.88 bits per heavy atom. The second-order valence-electron chi connectivity index (χ2n) is 6.29. The van der Waals surface area contributed by atoms with Gasteiger partial charge in [-0.2, -0.15) is 0 Å². The van der Waals surface area contributed by atoms with Gasteiger partial charge < -0.3 is 15.0 Å². The van der Waals surface area contributed by atoms with Crippen molar-refractivity contribution in [2.45, 2.75) is 6.42 Å². The highest BCUT2D eigenvalue weighted by Crippen LogP contribution is 2.23. The van der Waals surface area contributed by atoms with Crippen molar-refractivity contribution in [3.8, 4) is 5.75 Å². The van der Waals surface area contributed by atoms with Crippen LogP contribution in [0.5, 0.6) is 5.75 Å². The van der Waals surface area contributed by atoms with Crippen LogP contribution in [-0.4, -0.2) is 24.5 Å². The molecule has 0 aliphatic carbocycles. The molecule has 4 heteroatoms. The Balaban J connectivity index is 1.44. The number of hydrogen-bond donors (Lipinski definition) is 2. The third-order valence-corrected chi connectivity index (χ3v) is 4.67. The highest BCUT2D eigenvalue weighted by molar-refractivity contribution is 5.98. The van der Waals surface area contributed by atoms with Gasteiger partial charge in [0.2, 0.25) is 0 Å². The molecule has 0 aliphatic rings. The minimum atomic E-state index is -0.0480. The third-order valence-electron chi connectivity index (χ3n) is 4.67. The Morgan fingerprint density at radius 3 is 2.73 bits per heavy atom. The van der Waals surface area contributed by atoms with E-state index in [-0.39, 0.29) is 5.91 Å². The summed E-state index contributed by atoms with van der Waals surface area (Å²) in [6, 6.07) is 19.8. The lowest BCUT2D eigenvalue weighted by atomic mass is 10.1. The Labute approximate surface area is 151 Å². The van der Waals surface area contributed by atoms with E-state index in [0.29, 0.717) is 12.1 Å². The molecule has 0 spiro atoms. The van der Waals surface area contributed by atoms with Crippen molar-refractivity contribution < 1.29 is 9.53 Å². The molecule has 3 aromatic carbocycles. The first-order chi connectivity index (χ1) is 12.7. The summed E-state index contributed by atoms with van der Waals surface area (Å²) in [5, 5.41) is 6.35. The number of carbonyl (C=O) groups is 1. The number of aromatic nitrogens is 1. The molecule has 0 saturated heterocycles. The van der Waals surface area contributed by atoms with Crippen molar-refractivity contribution in [1.29, 1.82) is 0 Å². The number of benzene rings is 3. The van der Waals surface area contributed by atoms with Crippen molar-refractivity contribution in [3.05, 3.63) is 78.0 Å². The summed E-state index contributed by atoms with van der Waals surface area (Å²) >= 11 is 0. The number of aromatic amines is 1. The average Bonchev–Trinajstić information content (AvgIpc) is 3.09. The van der Waals surface area contributed by atoms with E-state index in [9.17, 15) is 4.79 Å². The maximum atomic E-state index is 12.4. The van der Waals surface area contributed by atoms with Gasteiger partial charge in [0.05, 0.1) is 7.11 Å². The molecule has 0 aliphatic heterocycles. The van der Waals surface area contributed by atoms with Gasteiger partial charge in [-0.15, -0.1) is 0 Å². The molecule has 1 heterocycles. The van der Waals surface area contributed by atoms with Crippen LogP contribution in [0.3, 0.4) is 0 Å². The monoisotopic (exact) mass is 344 g/mol. The highest BCUT2D eigenvalue weighted by atomic mass is 16.5. The fraction of sp³-hybridized carbons (Fsp3) is 0.136. The van der Waals surface area contributed by atoms with E-state index in [4.69, 9.17) is 4.74 Å². The molecular formula is C22H20N2O2. The van der Waals surface area contributed by atoms with Gasteiger partial charge in [-0.3, -0.25) is 4.79 Å². The van der Waals surface area contributed by atoms with Crippen LogP contribution in [0.2, 0.25) is 0 Å². The van der Waals surface area contributed by atoms with Crippen molar-refractivity contribution in [3.63, 3.8) is 0 Å². The molecular weight excluding hydrogens is 324 g/mol. The number of H-pyrrole nitrogens is 1. The standard InChI is InChI=1S/C22H20N2O2/c1-26-19-8-9-21-20(13-19)18(14-24-21)10-11-23-22(25)17-7-6-15-4-2-3-5-16(15)12-17/h2-9,12-14,24H,10-11H2,1H3,(H,23,25). The van der Waals surface area contributed by atoms with Crippen LogP contribution in [0.4, 0.5) is 0 Å². The highest BCUT2D eigenvalue weighted by Gasteiger charge is 2.08. The SMILES string of the molecule is COc1ccc2[nH]cc(CCNC(=O)c3ccc4ccccc4c3)c2c1. The quantitative estimate of drug-likeness (QED) is 0.567. The first-order valence-corrected chi connectivity index (χ1v) is 8.65. The van der Waals surface area contributed by atoms with Gasteiger partial charge in [-0.1, -0.05) is 30.3 Å². The minimum absolute atomic E-state index is 0.0480. The van der Waals surface area contributed by atoms with Crippen molar-refractivity contribution in [2.75, 3.05) is 13.7 Å². The average molecular weight is 344 g/mol. The summed E-state index contributed by atoms with van der Waals surface area (Å²) in [6.45, 7) is 0.579. The minimum Gasteiger partial charge on any atom is -0.497 e. The largest absolute Gasteiger partial charge is 0.497 e. The topological polar surface area (TPSA) is 54.1 Å². The fourth-order valence-corrected chi connectivity index (χ4v) is 3.23. The number of methoxy groups -OCH3 is 1. The van der Waals surface area contributed by atoms with Crippen molar-refractivity contribution in [2.24, 2.45) is 0 Å². The van der Waals surface area contributed by atoms with Crippen molar-refractivity contribution in [1.82, 2.24) is 10.3 Å². The molecule has 1 amide bonds. The maximum absolute atomic E-state index is 12.4. The molecule has 4 nitrogen and oxygen atoms in total. The molecule has 4 rings (SSSR count). The van der Waals surface area contributed by atoms with Gasteiger partial charge in [0.1, 0.15) is 5.75 Å². The van der Waals surface area contributed by atoms with Gasteiger partial charge in [0, 0.05) is 29.2 Å². The molecule has 0 atom stereocenters. The lowest BCUT2D eigenvalue weighted by Crippen LogP contribution is -2.25. The Hall–Kier alpha value is -3.27. The van der Waals surface area contributed by atoms with Gasteiger partial charge in [0.25, 0.3) is 5.91 Å². The van der Waals surface area contributed by atoms with Gasteiger partial charge in [0.15, 0.2) is 0 Å². The molecule has 130 valence electrons. The van der Waals surface area contributed by atoms with Crippen LogP contribution >= 0.6 is 0 Å². The summed E-state index contributed by atoms with van der Waals surface area (Å²) in [5.74, 6) is 0.784. The molecule has 0 radical (unpaired) electrons. The molecule has 26 heavy (non-hydrogen) atoms. The van der Waals surface area contributed by atoms with E-state index < -0.39 is 0 Å². The van der Waals surface area contributed by atoms with Crippen molar-refractivity contribution >= 4 is 27.6 Å². The number of fused-ring (bicyclic) bond motifs is 2. The van der Waals surface area contributed by atoms with Crippen LogP contribution in [0, 0.1) is 0 Å². The number of rotatable bonds is 5. The van der Waals surface area contributed by atoms with Crippen LogP contribution in [0.15, 0.2) is 66.9 Å². The van der Waals surface area contributed by atoms with E-state index >= 15 is 0 Å². The Bertz CT molecular complexity index is 1080. The Morgan fingerprint density at radius 1 is 1.04 bits per heavy atom. The van der Waals surface area contributed by atoms with Crippen LogP contribution in [-0.2, 0) is 6.42 Å². The lowest BCUT2D eigenvalue weighted by Gasteiger charge is -2.07. The summed E-state index contributed by atoms with van der Waals surface area (Å²) < 4.78 is 5.30. The van der Waals surface area contributed by atoms with E-state index in [1.165, 1.54) is 0 Å². The molecule has 1 aromatic heterocycles. The molecule has 2 N–H and O–H groups in total. The number of nitrogens with one attached hydrogen (secondary N) is 2. The third kappa shape index (κ3) is 3.14. The fourth-order valence-electron chi connectivity index (χ4n) is 3.23. The van der Waals surface area contributed by atoms with Gasteiger partial charge >= 0.3 is 0 Å². The normalized spacial score (nSPS) is 11.0. The smallest absolute Gasteiger partial charge is 0.251 e. The molecule has 0 fully saturated rings. The second-order valence-corrected chi connectivity index (χ2v) is 6.29. The first kappa shape index (κ1) is 16.2. The van der Waals surface area contributed by atoms with E-state index in [1.807, 2.05) is 66.9 Å². The molecule has 0 bridgehead atoms. The van der Waals surface area contributed by atoms with Crippen LogP contribution in [0.25, 0.3) is 21.7 Å². The second kappa shape index (κ2) is 6.92. The van der Waals surface area contributed by atoms with Gasteiger partial charge in [-0.05, 0) is 53.1 Å². The van der Waals surface area contributed by atoms with Crippen LogP contribution in [0.1, 0.15) is 15.9 Å². The predicted molar refractivity (Wildman–Crippen MR) is 105 cm³/mol. The van der Waals surface area contributed by atoms with Crippen LogP contribution < -0.4 is 10.1 Å². The lowest BCUT2D eigenvalue weighted by molar-refractivity contribution is 0.0954. The Kier molecular flexibility index (Phi) is 4.32. The first-order valence-electron chi connectivity index (χ1n) is 8.65. The van der Waals surface area contributed by atoms with E-state index in [1.54, 1.807) is 7.11 Å². The van der Waals surface area contributed by atoms with Gasteiger partial charge in [-0.25, -0.2) is 0 Å². The molecule has 0 saturated carbocycles. The summed E-state index contributed by atoms with van der Waals surface area (Å²) in [6.07, 6.45) is 2.75. The zero-order valence-corrected chi connectivity index (χ0v) is 14.6. The number of hydrogen-bond acceptors (Lipinski definition) is 2. The number of carbonyl (C=O) groups excluding carboxylic acids is 1. The number of ether oxygens (including phenoxy) is 1. The predicted octanol–water partition coefficient (Wildman–Crippen LogP) is 4.30. The summed E-state index contributed by atoms with van der Waals surface area (Å²) in [7, 11) is 1.66. The number of amides is 1. The summed E-state index contributed by atoms with van der Waals surface area (Å²) in [5.41, 5.74) is 2.92. The zero-order valence-electron chi connectivity index (χ0n) is 14.6. The molecule has 4 aromatic rings. The summed E-state index contributed by atoms with van der Waals surface area (Å²) in [4.78, 5) is 15.7. The maximum Gasteiger partial charge on any atom is 0.251 e. The van der Waals surface area contributed by atoms with E-state index in [0.717, 1.165) is 39.4 Å².